The monoisotopic (exact) mass is 233 g/mol. The smallest absolute Gasteiger partial charge is 0.271 e. The van der Waals surface area contributed by atoms with Crippen LogP contribution in [0, 0.1) is 12.8 Å². The molecule has 0 aliphatic heterocycles. The summed E-state index contributed by atoms with van der Waals surface area (Å²) in [5, 5.41) is 11.8. The van der Waals surface area contributed by atoms with E-state index in [0.29, 0.717) is 5.69 Å². The molecule has 5 heteroatoms. The zero-order valence-electron chi connectivity index (χ0n) is 9.63. The van der Waals surface area contributed by atoms with E-state index in [1.807, 2.05) is 19.1 Å². The van der Waals surface area contributed by atoms with Crippen LogP contribution in [0.25, 0.3) is 0 Å². The topological polar surface area (TPSA) is 75.1 Å². The largest absolute Gasteiger partial charge is 0.396 e. The van der Waals surface area contributed by atoms with E-state index in [1.54, 1.807) is 6.20 Å². The zero-order chi connectivity index (χ0) is 12.3. The summed E-state index contributed by atoms with van der Waals surface area (Å²) < 4.78 is 0. The Morgan fingerprint density at radius 2 is 2.29 bits per heavy atom. The lowest BCUT2D eigenvalue weighted by Gasteiger charge is -2.12. The van der Waals surface area contributed by atoms with Crippen molar-refractivity contribution in [1.29, 1.82) is 0 Å². The number of carbonyl (C=O) groups is 1. The molecule has 5 nitrogen and oxygen atoms in total. The van der Waals surface area contributed by atoms with Crippen molar-refractivity contribution in [1.82, 2.24) is 15.3 Å². The highest BCUT2D eigenvalue weighted by molar-refractivity contribution is 5.92. The second kappa shape index (κ2) is 5.05. The normalized spacial score (nSPS) is 22.7. The van der Waals surface area contributed by atoms with E-state index in [-0.39, 0.29) is 24.5 Å². The van der Waals surface area contributed by atoms with Crippen LogP contribution in [0.1, 0.15) is 22.6 Å². The summed E-state index contributed by atoms with van der Waals surface area (Å²) in [6.07, 6.45) is 7.59. The number of amides is 1. The molecule has 0 aromatic carbocycles. The third-order valence-electron chi connectivity index (χ3n) is 2.74. The number of aliphatic hydroxyl groups is 1. The van der Waals surface area contributed by atoms with Crippen molar-refractivity contribution in [2.45, 2.75) is 19.4 Å². The Morgan fingerprint density at radius 3 is 2.88 bits per heavy atom. The molecular formula is C12H15N3O2. The van der Waals surface area contributed by atoms with Gasteiger partial charge in [0, 0.05) is 24.8 Å². The molecule has 0 unspecified atom stereocenters. The van der Waals surface area contributed by atoms with E-state index in [1.165, 1.54) is 6.20 Å². The molecule has 0 bridgehead atoms. The molecule has 90 valence electrons. The van der Waals surface area contributed by atoms with E-state index >= 15 is 0 Å². The first kappa shape index (κ1) is 11.7. The highest BCUT2D eigenvalue weighted by atomic mass is 16.3. The van der Waals surface area contributed by atoms with Crippen molar-refractivity contribution in [2.24, 2.45) is 5.92 Å². The molecule has 2 atom stereocenters. The van der Waals surface area contributed by atoms with E-state index in [4.69, 9.17) is 5.11 Å². The van der Waals surface area contributed by atoms with Crippen molar-refractivity contribution >= 4 is 5.91 Å². The van der Waals surface area contributed by atoms with Crippen LogP contribution in [-0.2, 0) is 0 Å². The van der Waals surface area contributed by atoms with Gasteiger partial charge in [0.05, 0.1) is 11.9 Å². The van der Waals surface area contributed by atoms with Gasteiger partial charge in [0.2, 0.25) is 0 Å². The first-order valence-electron chi connectivity index (χ1n) is 5.57. The molecule has 1 amide bonds. The Morgan fingerprint density at radius 1 is 1.47 bits per heavy atom. The molecule has 1 aliphatic carbocycles. The molecule has 1 heterocycles. The number of nitrogens with one attached hydrogen (secondary N) is 1. The van der Waals surface area contributed by atoms with Crippen LogP contribution >= 0.6 is 0 Å². The minimum atomic E-state index is -0.231. The molecule has 1 aliphatic rings. The number of hydrogen-bond donors (Lipinski definition) is 2. The lowest BCUT2D eigenvalue weighted by Crippen LogP contribution is -2.33. The van der Waals surface area contributed by atoms with Crippen molar-refractivity contribution in [2.75, 3.05) is 6.61 Å². The predicted molar refractivity (Wildman–Crippen MR) is 62.4 cm³/mol. The van der Waals surface area contributed by atoms with E-state index < -0.39 is 0 Å². The molecule has 0 radical (unpaired) electrons. The second-order valence-electron chi connectivity index (χ2n) is 4.19. The fraction of sp³-hybridized carbons (Fsp3) is 0.417. The van der Waals surface area contributed by atoms with Gasteiger partial charge in [-0.25, -0.2) is 4.98 Å². The second-order valence-corrected chi connectivity index (χ2v) is 4.19. The van der Waals surface area contributed by atoms with E-state index in [2.05, 4.69) is 15.3 Å². The third-order valence-corrected chi connectivity index (χ3v) is 2.74. The van der Waals surface area contributed by atoms with Gasteiger partial charge in [0.15, 0.2) is 0 Å². The van der Waals surface area contributed by atoms with Crippen molar-refractivity contribution < 1.29 is 9.90 Å². The van der Waals surface area contributed by atoms with Crippen LogP contribution in [0.15, 0.2) is 24.5 Å². The lowest BCUT2D eigenvalue weighted by molar-refractivity contribution is 0.0935. The lowest BCUT2D eigenvalue weighted by atomic mass is 10.1. The zero-order valence-corrected chi connectivity index (χ0v) is 9.63. The average molecular weight is 233 g/mol. The summed E-state index contributed by atoms with van der Waals surface area (Å²) in [6, 6.07) is -0.0252. The molecular weight excluding hydrogens is 218 g/mol. The van der Waals surface area contributed by atoms with Gasteiger partial charge in [-0.05, 0) is 13.3 Å². The third kappa shape index (κ3) is 2.88. The standard InChI is InChI=1S/C12H15N3O2/c1-8-5-14-11(6-13-8)12(17)15-10-3-2-9(4-10)7-16/h2-3,5-6,9-10,16H,4,7H2,1H3,(H,15,17)/t9-,10+/m0/s1. The molecule has 0 spiro atoms. The maximum atomic E-state index is 11.8. The van der Waals surface area contributed by atoms with Crippen LogP contribution < -0.4 is 5.32 Å². The quantitative estimate of drug-likeness (QED) is 0.743. The predicted octanol–water partition coefficient (Wildman–Crippen LogP) is 0.452. The fourth-order valence-corrected chi connectivity index (χ4v) is 1.77. The number of carbonyl (C=O) groups excluding carboxylic acids is 1. The number of hydrogen-bond acceptors (Lipinski definition) is 4. The maximum Gasteiger partial charge on any atom is 0.271 e. The van der Waals surface area contributed by atoms with Gasteiger partial charge in [-0.15, -0.1) is 0 Å². The Kier molecular flexibility index (Phi) is 3.49. The fourth-order valence-electron chi connectivity index (χ4n) is 1.77. The van der Waals surface area contributed by atoms with Gasteiger partial charge in [-0.3, -0.25) is 9.78 Å². The minimum absolute atomic E-state index is 0.0252. The first-order chi connectivity index (χ1) is 8.19. The van der Waals surface area contributed by atoms with Crippen molar-refractivity contribution in [3.63, 3.8) is 0 Å². The molecule has 0 fully saturated rings. The summed E-state index contributed by atoms with van der Waals surface area (Å²) in [5.41, 5.74) is 1.10. The van der Waals surface area contributed by atoms with Crippen LogP contribution in [0.4, 0.5) is 0 Å². The number of aromatic nitrogens is 2. The van der Waals surface area contributed by atoms with Gasteiger partial charge in [-0.2, -0.15) is 0 Å². The summed E-state index contributed by atoms with van der Waals surface area (Å²) >= 11 is 0. The molecule has 1 aromatic heterocycles. The Hall–Kier alpha value is -1.75. The Bertz CT molecular complexity index is 428. The highest BCUT2D eigenvalue weighted by Gasteiger charge is 2.20. The Balaban J connectivity index is 1.94. The summed E-state index contributed by atoms with van der Waals surface area (Å²) in [6.45, 7) is 1.94. The van der Waals surface area contributed by atoms with Gasteiger partial charge in [-0.1, -0.05) is 12.2 Å². The van der Waals surface area contributed by atoms with Gasteiger partial charge >= 0.3 is 0 Å². The number of rotatable bonds is 3. The number of aryl methyl sites for hydroxylation is 1. The molecule has 0 saturated heterocycles. The van der Waals surface area contributed by atoms with Gasteiger partial charge in [0.1, 0.15) is 5.69 Å². The SMILES string of the molecule is Cc1cnc(C(=O)N[C@@H]2C=C[C@H](CO)C2)cn1. The Labute approximate surface area is 99.6 Å². The van der Waals surface area contributed by atoms with Gasteiger partial charge < -0.3 is 10.4 Å². The first-order valence-corrected chi connectivity index (χ1v) is 5.57. The molecule has 2 N–H and O–H groups in total. The van der Waals surface area contributed by atoms with Crippen LogP contribution in [0.5, 0.6) is 0 Å². The summed E-state index contributed by atoms with van der Waals surface area (Å²) in [4.78, 5) is 19.8. The van der Waals surface area contributed by atoms with Crippen LogP contribution in [-0.4, -0.2) is 33.6 Å². The van der Waals surface area contributed by atoms with E-state index in [0.717, 1.165) is 12.1 Å². The number of nitrogens with zero attached hydrogens (tertiary/aromatic N) is 2. The minimum Gasteiger partial charge on any atom is -0.396 e. The average Bonchev–Trinajstić information content (AvgIpc) is 2.77. The highest BCUT2D eigenvalue weighted by Crippen LogP contribution is 2.17. The molecule has 1 aromatic rings. The molecule has 2 rings (SSSR count). The van der Waals surface area contributed by atoms with Crippen LogP contribution in [0.3, 0.4) is 0 Å². The van der Waals surface area contributed by atoms with Gasteiger partial charge in [0.25, 0.3) is 5.91 Å². The summed E-state index contributed by atoms with van der Waals surface area (Å²) in [7, 11) is 0. The number of aliphatic hydroxyl groups excluding tert-OH is 1. The van der Waals surface area contributed by atoms with Crippen LogP contribution in [0.2, 0.25) is 0 Å². The maximum absolute atomic E-state index is 11.8. The summed E-state index contributed by atoms with van der Waals surface area (Å²) in [5.74, 6) is -0.0878. The van der Waals surface area contributed by atoms with Crippen molar-refractivity contribution in [3.05, 3.63) is 35.9 Å². The molecule has 0 saturated carbocycles. The van der Waals surface area contributed by atoms with E-state index in [9.17, 15) is 4.79 Å². The van der Waals surface area contributed by atoms with Crippen molar-refractivity contribution in [3.8, 4) is 0 Å². The molecule has 17 heavy (non-hydrogen) atoms.